The van der Waals surface area contributed by atoms with Gasteiger partial charge in [-0.1, -0.05) is 33.1 Å². The SMILES string of the molecule is CCCC1CC(C2CC2CC)C1. The second-order valence-electron chi connectivity index (χ2n) is 4.95. The Morgan fingerprint density at radius 3 is 2.33 bits per heavy atom. The molecule has 2 fully saturated rings. The van der Waals surface area contributed by atoms with E-state index in [1.807, 2.05) is 0 Å². The van der Waals surface area contributed by atoms with Crippen LogP contribution < -0.4 is 0 Å². The molecule has 0 heteroatoms. The van der Waals surface area contributed by atoms with Gasteiger partial charge in [-0.25, -0.2) is 0 Å². The molecule has 2 saturated carbocycles. The predicted octanol–water partition coefficient (Wildman–Crippen LogP) is 3.86. The zero-order chi connectivity index (χ0) is 8.55. The summed E-state index contributed by atoms with van der Waals surface area (Å²) in [5, 5.41) is 0. The largest absolute Gasteiger partial charge is 0.0654 e. The van der Waals surface area contributed by atoms with Gasteiger partial charge in [0.2, 0.25) is 0 Å². The van der Waals surface area contributed by atoms with Crippen molar-refractivity contribution in [2.45, 2.75) is 52.4 Å². The fourth-order valence-electron chi connectivity index (χ4n) is 3.10. The van der Waals surface area contributed by atoms with Crippen LogP contribution in [0.3, 0.4) is 0 Å². The van der Waals surface area contributed by atoms with E-state index < -0.39 is 0 Å². The van der Waals surface area contributed by atoms with E-state index in [0.29, 0.717) is 0 Å². The third-order valence-corrected chi connectivity index (χ3v) is 4.08. The molecule has 12 heavy (non-hydrogen) atoms. The van der Waals surface area contributed by atoms with Gasteiger partial charge in [-0.2, -0.15) is 0 Å². The van der Waals surface area contributed by atoms with E-state index in [1.54, 1.807) is 19.3 Å². The van der Waals surface area contributed by atoms with Gasteiger partial charge in [0.15, 0.2) is 0 Å². The first-order chi connectivity index (χ1) is 5.85. The van der Waals surface area contributed by atoms with Gasteiger partial charge >= 0.3 is 0 Å². The first-order valence-electron chi connectivity index (χ1n) is 5.85. The van der Waals surface area contributed by atoms with E-state index in [9.17, 15) is 0 Å². The molecule has 0 aliphatic heterocycles. The third kappa shape index (κ3) is 1.53. The summed E-state index contributed by atoms with van der Waals surface area (Å²) in [7, 11) is 0. The van der Waals surface area contributed by atoms with Gasteiger partial charge in [-0.05, 0) is 42.9 Å². The molecule has 0 aromatic carbocycles. The van der Waals surface area contributed by atoms with Crippen LogP contribution in [0, 0.1) is 23.7 Å². The summed E-state index contributed by atoms with van der Waals surface area (Å²) in [6.07, 6.45) is 9.07. The monoisotopic (exact) mass is 166 g/mol. The van der Waals surface area contributed by atoms with Crippen molar-refractivity contribution in [1.29, 1.82) is 0 Å². The van der Waals surface area contributed by atoms with Gasteiger partial charge in [0.1, 0.15) is 0 Å². The zero-order valence-corrected chi connectivity index (χ0v) is 8.55. The van der Waals surface area contributed by atoms with Crippen LogP contribution in [0.2, 0.25) is 0 Å². The Hall–Kier alpha value is 0. The molecule has 0 radical (unpaired) electrons. The Balaban J connectivity index is 1.63. The number of hydrogen-bond donors (Lipinski definition) is 0. The van der Waals surface area contributed by atoms with Gasteiger partial charge in [0.25, 0.3) is 0 Å². The predicted molar refractivity (Wildman–Crippen MR) is 53.0 cm³/mol. The Morgan fingerprint density at radius 2 is 1.83 bits per heavy atom. The van der Waals surface area contributed by atoms with Crippen molar-refractivity contribution in [3.63, 3.8) is 0 Å². The van der Waals surface area contributed by atoms with Crippen LogP contribution in [-0.4, -0.2) is 0 Å². The van der Waals surface area contributed by atoms with Crippen molar-refractivity contribution in [2.24, 2.45) is 23.7 Å². The van der Waals surface area contributed by atoms with Gasteiger partial charge in [-0.3, -0.25) is 0 Å². The molecule has 0 N–H and O–H groups in total. The number of rotatable bonds is 4. The van der Waals surface area contributed by atoms with Gasteiger partial charge in [-0.15, -0.1) is 0 Å². The van der Waals surface area contributed by atoms with E-state index in [2.05, 4.69) is 13.8 Å². The molecule has 0 amide bonds. The molecule has 0 aromatic rings. The molecule has 2 rings (SSSR count). The van der Waals surface area contributed by atoms with Crippen LogP contribution >= 0.6 is 0 Å². The summed E-state index contributed by atoms with van der Waals surface area (Å²) in [5.41, 5.74) is 0. The van der Waals surface area contributed by atoms with Crippen molar-refractivity contribution < 1.29 is 0 Å². The Bertz CT molecular complexity index is 144. The van der Waals surface area contributed by atoms with E-state index in [1.165, 1.54) is 25.2 Å². The molecule has 2 aliphatic carbocycles. The van der Waals surface area contributed by atoms with Crippen molar-refractivity contribution in [2.75, 3.05) is 0 Å². The van der Waals surface area contributed by atoms with Crippen LogP contribution in [0.4, 0.5) is 0 Å². The Morgan fingerprint density at radius 1 is 1.08 bits per heavy atom. The maximum atomic E-state index is 2.35. The van der Waals surface area contributed by atoms with Crippen molar-refractivity contribution in [3.05, 3.63) is 0 Å². The molecule has 0 bridgehead atoms. The smallest absolute Gasteiger partial charge is 0.0354 e. The molecule has 0 heterocycles. The van der Waals surface area contributed by atoms with Crippen LogP contribution in [-0.2, 0) is 0 Å². The first-order valence-corrected chi connectivity index (χ1v) is 5.85. The Kier molecular flexibility index (Phi) is 2.43. The quantitative estimate of drug-likeness (QED) is 0.595. The molecule has 70 valence electrons. The Labute approximate surface area is 76.7 Å². The topological polar surface area (TPSA) is 0 Å². The second-order valence-corrected chi connectivity index (χ2v) is 4.95. The van der Waals surface area contributed by atoms with E-state index in [4.69, 9.17) is 0 Å². The van der Waals surface area contributed by atoms with Crippen LogP contribution in [0.1, 0.15) is 52.4 Å². The third-order valence-electron chi connectivity index (χ3n) is 4.08. The maximum Gasteiger partial charge on any atom is -0.0354 e. The summed E-state index contributed by atoms with van der Waals surface area (Å²) in [6, 6.07) is 0. The summed E-state index contributed by atoms with van der Waals surface area (Å²) in [4.78, 5) is 0. The minimum atomic E-state index is 1.12. The van der Waals surface area contributed by atoms with Gasteiger partial charge in [0.05, 0.1) is 0 Å². The highest BCUT2D eigenvalue weighted by atomic mass is 14.5. The van der Waals surface area contributed by atoms with Crippen LogP contribution in [0.25, 0.3) is 0 Å². The molecule has 0 aromatic heterocycles. The van der Waals surface area contributed by atoms with Gasteiger partial charge in [0, 0.05) is 0 Å². The minimum absolute atomic E-state index is 1.12. The maximum absolute atomic E-state index is 2.35. The highest BCUT2D eigenvalue weighted by molar-refractivity contribution is 4.96. The molecule has 2 aliphatic rings. The highest BCUT2D eigenvalue weighted by Gasteiger charge is 2.46. The van der Waals surface area contributed by atoms with E-state index >= 15 is 0 Å². The molecular formula is C12H22. The van der Waals surface area contributed by atoms with Crippen molar-refractivity contribution >= 4 is 0 Å². The normalized spacial score (nSPS) is 45.5. The molecule has 2 unspecified atom stereocenters. The average Bonchev–Trinajstić information content (AvgIpc) is 2.74. The molecule has 0 saturated heterocycles. The summed E-state index contributed by atoms with van der Waals surface area (Å²) < 4.78 is 0. The highest BCUT2D eigenvalue weighted by Crippen LogP contribution is 2.55. The van der Waals surface area contributed by atoms with Gasteiger partial charge < -0.3 is 0 Å². The lowest BCUT2D eigenvalue weighted by atomic mass is 9.70. The molecular weight excluding hydrogens is 144 g/mol. The van der Waals surface area contributed by atoms with Crippen molar-refractivity contribution in [3.8, 4) is 0 Å². The minimum Gasteiger partial charge on any atom is -0.0654 e. The molecule has 0 nitrogen and oxygen atoms in total. The lowest BCUT2D eigenvalue weighted by Crippen LogP contribution is -2.25. The molecule has 2 atom stereocenters. The van der Waals surface area contributed by atoms with E-state index in [0.717, 1.165) is 17.8 Å². The summed E-state index contributed by atoms with van der Waals surface area (Å²) in [6.45, 7) is 4.67. The zero-order valence-electron chi connectivity index (χ0n) is 8.55. The average molecular weight is 166 g/mol. The van der Waals surface area contributed by atoms with Crippen LogP contribution in [0.5, 0.6) is 0 Å². The fraction of sp³-hybridized carbons (Fsp3) is 1.00. The van der Waals surface area contributed by atoms with Crippen molar-refractivity contribution in [1.82, 2.24) is 0 Å². The summed E-state index contributed by atoms with van der Waals surface area (Å²) >= 11 is 0. The molecule has 0 spiro atoms. The number of hydrogen-bond acceptors (Lipinski definition) is 0. The lowest BCUT2D eigenvalue weighted by Gasteiger charge is -2.36. The first kappa shape index (κ1) is 8.59. The second kappa shape index (κ2) is 3.40. The summed E-state index contributed by atoms with van der Waals surface area (Å²) in [5.74, 6) is 4.59. The lowest BCUT2D eigenvalue weighted by molar-refractivity contribution is 0.151. The van der Waals surface area contributed by atoms with E-state index in [-0.39, 0.29) is 0 Å². The standard InChI is InChI=1S/C12H22/c1-3-5-9-6-11(7-9)12-8-10(12)4-2/h9-12H,3-8H2,1-2H3. The fourth-order valence-corrected chi connectivity index (χ4v) is 3.10. The van der Waals surface area contributed by atoms with Crippen LogP contribution in [0.15, 0.2) is 0 Å².